The van der Waals surface area contributed by atoms with Gasteiger partial charge in [-0.1, -0.05) is 11.6 Å². The number of hydrogen-bond donors (Lipinski definition) is 0. The molecule has 0 aromatic carbocycles. The molecule has 2 rings (SSSR count). The fourth-order valence-electron chi connectivity index (χ4n) is 2.96. The highest BCUT2D eigenvalue weighted by molar-refractivity contribution is 6.30. The van der Waals surface area contributed by atoms with Crippen LogP contribution in [0.15, 0.2) is 0 Å². The second kappa shape index (κ2) is 6.10. The van der Waals surface area contributed by atoms with Gasteiger partial charge in [-0.25, -0.2) is 4.79 Å². The van der Waals surface area contributed by atoms with Gasteiger partial charge in [0.15, 0.2) is 5.78 Å². The lowest BCUT2D eigenvalue weighted by Crippen LogP contribution is -2.63. The van der Waals surface area contributed by atoms with Gasteiger partial charge in [0.05, 0.1) is 13.2 Å². The Bertz CT molecular complexity index is 427. The second-order valence-electron chi connectivity index (χ2n) is 5.10. The molecule has 1 heterocycles. The van der Waals surface area contributed by atoms with Crippen LogP contribution in [0.25, 0.3) is 0 Å². The molecule has 6 nitrogen and oxygen atoms in total. The highest BCUT2D eigenvalue weighted by atomic mass is 35.5. The third kappa shape index (κ3) is 2.54. The zero-order valence-electron chi connectivity index (χ0n) is 11.5. The lowest BCUT2D eigenvalue weighted by Gasteiger charge is -2.47. The van der Waals surface area contributed by atoms with Gasteiger partial charge in [-0.2, -0.15) is 0 Å². The molecular weight excluding hydrogens is 286 g/mol. The molecule has 20 heavy (non-hydrogen) atoms. The predicted molar refractivity (Wildman–Crippen MR) is 70.1 cm³/mol. The Morgan fingerprint density at radius 2 is 2.05 bits per heavy atom. The SMILES string of the molecule is COC(=O)C(Cl)N1C(=O)C[C@H]1[C@H]1CCC[C@@H](OC)C1=O. The summed E-state index contributed by atoms with van der Waals surface area (Å²) in [6, 6.07) is -0.324. The van der Waals surface area contributed by atoms with E-state index < -0.39 is 17.6 Å². The Labute approximate surface area is 122 Å². The van der Waals surface area contributed by atoms with Crippen LogP contribution in [-0.4, -0.2) is 54.4 Å². The van der Waals surface area contributed by atoms with Crippen LogP contribution in [-0.2, 0) is 23.9 Å². The number of hydrogen-bond acceptors (Lipinski definition) is 5. The molecular formula is C13H18ClNO5. The molecule has 1 aliphatic carbocycles. The van der Waals surface area contributed by atoms with E-state index >= 15 is 0 Å². The van der Waals surface area contributed by atoms with Crippen molar-refractivity contribution in [3.63, 3.8) is 0 Å². The maximum atomic E-state index is 12.3. The number of halogens is 1. The predicted octanol–water partition coefficient (Wildman–Crippen LogP) is 0.709. The second-order valence-corrected chi connectivity index (χ2v) is 5.51. The summed E-state index contributed by atoms with van der Waals surface area (Å²) in [4.78, 5) is 36.7. The van der Waals surface area contributed by atoms with Crippen molar-refractivity contribution in [2.24, 2.45) is 5.92 Å². The van der Waals surface area contributed by atoms with Crippen LogP contribution in [0, 0.1) is 5.92 Å². The Morgan fingerprint density at radius 3 is 2.60 bits per heavy atom. The molecule has 4 atom stereocenters. The average Bonchev–Trinajstić information content (AvgIpc) is 2.44. The molecule has 0 aromatic rings. The van der Waals surface area contributed by atoms with E-state index in [2.05, 4.69) is 4.74 Å². The minimum Gasteiger partial charge on any atom is -0.467 e. The lowest BCUT2D eigenvalue weighted by atomic mass is 9.76. The fraction of sp³-hybridized carbons (Fsp3) is 0.769. The number of amides is 1. The van der Waals surface area contributed by atoms with E-state index in [-0.39, 0.29) is 30.1 Å². The number of rotatable bonds is 4. The van der Waals surface area contributed by atoms with Gasteiger partial charge in [-0.15, -0.1) is 0 Å². The maximum absolute atomic E-state index is 12.3. The molecule has 0 N–H and O–H groups in total. The minimum absolute atomic E-state index is 0.00465. The maximum Gasteiger partial charge on any atom is 0.344 e. The Morgan fingerprint density at radius 1 is 1.35 bits per heavy atom. The zero-order valence-corrected chi connectivity index (χ0v) is 12.3. The minimum atomic E-state index is -1.16. The number of methoxy groups -OCH3 is 2. The number of β-lactam (4-membered cyclic amide) rings is 1. The van der Waals surface area contributed by atoms with Gasteiger partial charge in [0.25, 0.3) is 0 Å². The summed E-state index contributed by atoms with van der Waals surface area (Å²) in [6.07, 6.45) is 2.08. The van der Waals surface area contributed by atoms with Crippen LogP contribution < -0.4 is 0 Å². The molecule has 0 spiro atoms. The van der Waals surface area contributed by atoms with Crippen molar-refractivity contribution < 1.29 is 23.9 Å². The summed E-state index contributed by atoms with van der Waals surface area (Å²) in [7, 11) is 2.72. The highest BCUT2D eigenvalue weighted by Crippen LogP contribution is 2.36. The van der Waals surface area contributed by atoms with Crippen LogP contribution in [0.1, 0.15) is 25.7 Å². The molecule has 0 aromatic heterocycles. The van der Waals surface area contributed by atoms with Crippen molar-refractivity contribution >= 4 is 29.3 Å². The molecule has 1 unspecified atom stereocenters. The van der Waals surface area contributed by atoms with Crippen molar-refractivity contribution in [2.45, 2.75) is 43.3 Å². The van der Waals surface area contributed by atoms with Crippen LogP contribution in [0.4, 0.5) is 0 Å². The molecule has 112 valence electrons. The normalized spacial score (nSPS) is 31.8. The molecule has 0 radical (unpaired) electrons. The number of ketones is 1. The molecule has 1 saturated carbocycles. The first-order valence-corrected chi connectivity index (χ1v) is 7.04. The van der Waals surface area contributed by atoms with Gasteiger partial charge in [0, 0.05) is 19.4 Å². The van der Waals surface area contributed by atoms with E-state index in [1.807, 2.05) is 0 Å². The number of ether oxygens (including phenoxy) is 2. The van der Waals surface area contributed by atoms with Crippen LogP contribution in [0.2, 0.25) is 0 Å². The first-order chi connectivity index (χ1) is 9.51. The number of Topliss-reactive ketones (excluding diaryl/α,β-unsaturated/α-hetero) is 1. The van der Waals surface area contributed by atoms with Crippen LogP contribution >= 0.6 is 11.6 Å². The van der Waals surface area contributed by atoms with Gasteiger partial charge in [-0.3, -0.25) is 9.59 Å². The average molecular weight is 304 g/mol. The molecule has 2 fully saturated rings. The number of carbonyl (C=O) groups excluding carboxylic acids is 3. The van der Waals surface area contributed by atoms with E-state index in [9.17, 15) is 14.4 Å². The Hall–Kier alpha value is -1.14. The summed E-state index contributed by atoms with van der Waals surface area (Å²) in [6.45, 7) is 0. The van der Waals surface area contributed by atoms with Gasteiger partial charge in [0.1, 0.15) is 6.10 Å². The standard InChI is InChI=1S/C13H18ClNO5/c1-19-9-5-3-4-7(11(9)17)8-6-10(16)15(8)12(14)13(18)20-2/h7-9,12H,3-6H2,1-2H3/t7-,8+,9-,12?/m1/s1. The van der Waals surface area contributed by atoms with Crippen molar-refractivity contribution in [3.05, 3.63) is 0 Å². The van der Waals surface area contributed by atoms with Gasteiger partial charge in [-0.05, 0) is 19.3 Å². The number of nitrogens with zero attached hydrogens (tertiary/aromatic N) is 1. The van der Waals surface area contributed by atoms with Crippen LogP contribution in [0.5, 0.6) is 0 Å². The van der Waals surface area contributed by atoms with E-state index in [4.69, 9.17) is 16.3 Å². The van der Waals surface area contributed by atoms with E-state index in [1.54, 1.807) is 0 Å². The topological polar surface area (TPSA) is 72.9 Å². The summed E-state index contributed by atoms with van der Waals surface area (Å²) in [5, 5.41) is 0. The number of alkyl halides is 1. The quantitative estimate of drug-likeness (QED) is 0.331. The fourth-order valence-corrected chi connectivity index (χ4v) is 3.30. The summed E-state index contributed by atoms with van der Waals surface area (Å²) in [5.41, 5.74) is -1.16. The molecule has 7 heteroatoms. The van der Waals surface area contributed by atoms with E-state index in [1.165, 1.54) is 19.1 Å². The summed E-state index contributed by atoms with van der Waals surface area (Å²) < 4.78 is 9.71. The summed E-state index contributed by atoms with van der Waals surface area (Å²) in [5.74, 6) is -1.23. The number of carbonyl (C=O) groups is 3. The molecule has 2 aliphatic rings. The molecule has 1 amide bonds. The first-order valence-electron chi connectivity index (χ1n) is 6.60. The van der Waals surface area contributed by atoms with E-state index in [0.717, 1.165) is 6.42 Å². The third-order valence-electron chi connectivity index (χ3n) is 4.08. The summed E-state index contributed by atoms with van der Waals surface area (Å²) >= 11 is 5.95. The van der Waals surface area contributed by atoms with Gasteiger partial charge < -0.3 is 14.4 Å². The number of likely N-dealkylation sites (tertiary alicyclic amines) is 1. The largest absolute Gasteiger partial charge is 0.467 e. The lowest BCUT2D eigenvalue weighted by molar-refractivity contribution is -0.165. The van der Waals surface area contributed by atoms with Crippen molar-refractivity contribution in [3.8, 4) is 0 Å². The third-order valence-corrected chi connectivity index (χ3v) is 4.47. The van der Waals surface area contributed by atoms with Crippen molar-refractivity contribution in [1.29, 1.82) is 0 Å². The zero-order chi connectivity index (χ0) is 14.9. The number of esters is 1. The Kier molecular flexibility index (Phi) is 4.65. The van der Waals surface area contributed by atoms with Crippen molar-refractivity contribution in [1.82, 2.24) is 4.90 Å². The molecule has 1 saturated heterocycles. The Balaban J connectivity index is 2.10. The van der Waals surface area contributed by atoms with Crippen LogP contribution in [0.3, 0.4) is 0 Å². The smallest absolute Gasteiger partial charge is 0.344 e. The first kappa shape index (κ1) is 15.3. The highest BCUT2D eigenvalue weighted by Gasteiger charge is 2.50. The van der Waals surface area contributed by atoms with Crippen molar-refractivity contribution in [2.75, 3.05) is 14.2 Å². The monoisotopic (exact) mass is 303 g/mol. The van der Waals surface area contributed by atoms with Gasteiger partial charge >= 0.3 is 5.97 Å². The molecule has 0 bridgehead atoms. The van der Waals surface area contributed by atoms with Gasteiger partial charge in [0.2, 0.25) is 11.4 Å². The van der Waals surface area contributed by atoms with E-state index in [0.29, 0.717) is 12.8 Å². The molecule has 1 aliphatic heterocycles.